The average Bonchev–Trinajstić information content (AvgIpc) is 2.79. The first-order valence-corrected chi connectivity index (χ1v) is 6.06. The van der Waals surface area contributed by atoms with Crippen LogP contribution in [0.15, 0.2) is 18.5 Å². The molecule has 1 amide bonds. The van der Waals surface area contributed by atoms with Gasteiger partial charge in [-0.1, -0.05) is 11.6 Å². The smallest absolute Gasteiger partial charge is 0.276 e. The summed E-state index contributed by atoms with van der Waals surface area (Å²) < 4.78 is 5.20. The molecule has 2 rings (SSSR count). The maximum atomic E-state index is 12.1. The molecule has 0 radical (unpaired) electrons. The van der Waals surface area contributed by atoms with Crippen LogP contribution in [0.25, 0.3) is 0 Å². The minimum atomic E-state index is -0.293. The van der Waals surface area contributed by atoms with Crippen molar-refractivity contribution in [3.05, 3.63) is 40.4 Å². The quantitative estimate of drug-likeness (QED) is 0.908. The molecule has 19 heavy (non-hydrogen) atoms. The first kappa shape index (κ1) is 13.4. The number of aryl methyl sites for hydroxylation is 2. The van der Waals surface area contributed by atoms with Gasteiger partial charge in [0.15, 0.2) is 0 Å². The van der Waals surface area contributed by atoms with Gasteiger partial charge in [0, 0.05) is 16.8 Å². The van der Waals surface area contributed by atoms with Crippen LogP contribution in [0.1, 0.15) is 21.7 Å². The number of aromatic amines is 1. The predicted octanol–water partition coefficient (Wildman–Crippen LogP) is 2.94. The van der Waals surface area contributed by atoms with Crippen molar-refractivity contribution < 1.29 is 9.53 Å². The molecule has 1 aromatic carbocycles. The van der Waals surface area contributed by atoms with Gasteiger partial charge in [0.05, 0.1) is 19.1 Å². The number of methoxy groups -OCH3 is 1. The van der Waals surface area contributed by atoms with Gasteiger partial charge in [-0.3, -0.25) is 4.79 Å². The Bertz CT molecular complexity index is 622. The van der Waals surface area contributed by atoms with E-state index in [9.17, 15) is 4.79 Å². The topological polar surface area (TPSA) is 67.0 Å². The van der Waals surface area contributed by atoms with E-state index in [1.54, 1.807) is 19.1 Å². The maximum absolute atomic E-state index is 12.1. The zero-order valence-electron chi connectivity index (χ0n) is 10.9. The molecule has 0 bridgehead atoms. The molecule has 0 fully saturated rings. The van der Waals surface area contributed by atoms with Crippen molar-refractivity contribution in [2.45, 2.75) is 13.8 Å². The van der Waals surface area contributed by atoms with Crippen molar-refractivity contribution in [3.8, 4) is 5.75 Å². The van der Waals surface area contributed by atoms with Crippen LogP contribution < -0.4 is 10.1 Å². The van der Waals surface area contributed by atoms with Crippen LogP contribution in [0.2, 0.25) is 5.02 Å². The third-order valence-electron chi connectivity index (χ3n) is 2.77. The van der Waals surface area contributed by atoms with E-state index in [-0.39, 0.29) is 5.91 Å². The molecule has 100 valence electrons. The highest BCUT2D eigenvalue weighted by molar-refractivity contribution is 6.31. The zero-order chi connectivity index (χ0) is 14.0. The summed E-state index contributed by atoms with van der Waals surface area (Å²) in [7, 11) is 1.52. The highest BCUT2D eigenvalue weighted by Crippen LogP contribution is 2.31. The summed E-state index contributed by atoms with van der Waals surface area (Å²) in [6, 6.07) is 3.44. The molecule has 2 N–H and O–H groups in total. The average molecular weight is 280 g/mol. The number of aromatic nitrogens is 2. The number of nitrogens with zero attached hydrogens (tertiary/aromatic N) is 1. The maximum Gasteiger partial charge on any atom is 0.276 e. The molecule has 0 unspecified atom stereocenters. The highest BCUT2D eigenvalue weighted by atomic mass is 35.5. The van der Waals surface area contributed by atoms with E-state index in [0.717, 1.165) is 5.56 Å². The number of ether oxygens (including phenoxy) is 1. The van der Waals surface area contributed by atoms with E-state index in [1.165, 1.54) is 13.4 Å². The fourth-order valence-corrected chi connectivity index (χ4v) is 1.85. The number of H-pyrrole nitrogens is 1. The highest BCUT2D eigenvalue weighted by Gasteiger charge is 2.15. The molecular formula is C13H14ClN3O2. The second-order valence-electron chi connectivity index (χ2n) is 4.13. The van der Waals surface area contributed by atoms with Crippen LogP contribution in [-0.4, -0.2) is 23.0 Å². The third kappa shape index (κ3) is 2.71. The molecule has 6 heteroatoms. The van der Waals surface area contributed by atoms with Gasteiger partial charge in [-0.25, -0.2) is 4.98 Å². The Morgan fingerprint density at radius 1 is 1.42 bits per heavy atom. The fraction of sp³-hybridized carbons (Fsp3) is 0.231. The van der Waals surface area contributed by atoms with Crippen molar-refractivity contribution >= 4 is 23.2 Å². The fourth-order valence-electron chi connectivity index (χ4n) is 1.70. The number of imidazole rings is 1. The summed E-state index contributed by atoms with van der Waals surface area (Å²) in [6.07, 6.45) is 1.48. The molecule has 0 aliphatic heterocycles. The van der Waals surface area contributed by atoms with Gasteiger partial charge >= 0.3 is 0 Å². The van der Waals surface area contributed by atoms with Crippen molar-refractivity contribution in [1.29, 1.82) is 0 Å². The second-order valence-corrected chi connectivity index (χ2v) is 4.54. The SMILES string of the molecule is COc1cc(Cl)c(C)cc1NC(=O)c1nc[nH]c1C. The lowest BCUT2D eigenvalue weighted by atomic mass is 10.2. The molecule has 0 aliphatic carbocycles. The lowest BCUT2D eigenvalue weighted by molar-refractivity contribution is 0.102. The van der Waals surface area contributed by atoms with Gasteiger partial charge in [-0.2, -0.15) is 0 Å². The Kier molecular flexibility index (Phi) is 3.76. The summed E-state index contributed by atoms with van der Waals surface area (Å²) in [5.41, 5.74) is 2.49. The van der Waals surface area contributed by atoms with Crippen LogP contribution in [0.3, 0.4) is 0 Å². The van der Waals surface area contributed by atoms with Crippen LogP contribution in [-0.2, 0) is 0 Å². The number of rotatable bonds is 3. The number of anilines is 1. The summed E-state index contributed by atoms with van der Waals surface area (Å²) in [5.74, 6) is 0.218. The molecule has 2 aromatic rings. The van der Waals surface area contributed by atoms with Gasteiger partial charge in [0.25, 0.3) is 5.91 Å². The number of carbonyl (C=O) groups is 1. The van der Waals surface area contributed by atoms with Crippen molar-refractivity contribution in [3.63, 3.8) is 0 Å². The summed E-state index contributed by atoms with van der Waals surface area (Å²) in [6.45, 7) is 3.64. The van der Waals surface area contributed by atoms with E-state index in [1.807, 2.05) is 6.92 Å². The number of amides is 1. The Hall–Kier alpha value is -2.01. The van der Waals surface area contributed by atoms with Gasteiger partial charge in [0.1, 0.15) is 11.4 Å². The van der Waals surface area contributed by atoms with Crippen LogP contribution in [0.4, 0.5) is 5.69 Å². The van der Waals surface area contributed by atoms with E-state index in [2.05, 4.69) is 15.3 Å². The number of nitrogens with one attached hydrogen (secondary N) is 2. The van der Waals surface area contributed by atoms with E-state index < -0.39 is 0 Å². The lowest BCUT2D eigenvalue weighted by Gasteiger charge is -2.11. The standard InChI is InChI=1S/C13H14ClN3O2/c1-7-4-10(11(19-3)5-9(7)14)17-13(18)12-8(2)15-6-16-12/h4-6H,1-3H3,(H,15,16)(H,17,18). The van der Waals surface area contributed by atoms with Gasteiger partial charge in [-0.15, -0.1) is 0 Å². The first-order chi connectivity index (χ1) is 9.02. The molecule has 0 saturated heterocycles. The zero-order valence-corrected chi connectivity index (χ0v) is 11.6. The van der Waals surface area contributed by atoms with Crippen molar-refractivity contribution in [1.82, 2.24) is 9.97 Å². The minimum absolute atomic E-state index is 0.293. The Morgan fingerprint density at radius 3 is 2.74 bits per heavy atom. The predicted molar refractivity (Wildman–Crippen MR) is 74.0 cm³/mol. The number of benzene rings is 1. The first-order valence-electron chi connectivity index (χ1n) is 5.68. The normalized spacial score (nSPS) is 10.3. The Morgan fingerprint density at radius 2 is 2.16 bits per heavy atom. The minimum Gasteiger partial charge on any atom is -0.495 e. The summed E-state index contributed by atoms with van der Waals surface area (Å²) >= 11 is 6.02. The lowest BCUT2D eigenvalue weighted by Crippen LogP contribution is -2.14. The van der Waals surface area contributed by atoms with E-state index in [0.29, 0.717) is 27.8 Å². The largest absolute Gasteiger partial charge is 0.495 e. The molecule has 0 aliphatic rings. The Balaban J connectivity index is 2.31. The molecule has 0 saturated carbocycles. The number of carbonyl (C=O) groups excluding carboxylic acids is 1. The van der Waals surface area contributed by atoms with E-state index in [4.69, 9.17) is 16.3 Å². The summed E-state index contributed by atoms with van der Waals surface area (Å²) in [4.78, 5) is 18.9. The van der Waals surface area contributed by atoms with Crippen molar-refractivity contribution in [2.75, 3.05) is 12.4 Å². The van der Waals surface area contributed by atoms with Crippen LogP contribution >= 0.6 is 11.6 Å². The van der Waals surface area contributed by atoms with Crippen molar-refractivity contribution in [2.24, 2.45) is 0 Å². The molecule has 5 nitrogen and oxygen atoms in total. The second kappa shape index (κ2) is 5.32. The number of hydrogen-bond acceptors (Lipinski definition) is 3. The third-order valence-corrected chi connectivity index (χ3v) is 3.18. The Labute approximate surface area is 116 Å². The molecular weight excluding hydrogens is 266 g/mol. The number of hydrogen-bond donors (Lipinski definition) is 2. The van der Waals surface area contributed by atoms with Crippen LogP contribution in [0.5, 0.6) is 5.75 Å². The molecule has 0 spiro atoms. The van der Waals surface area contributed by atoms with Crippen LogP contribution in [0, 0.1) is 13.8 Å². The molecule has 1 aromatic heterocycles. The van der Waals surface area contributed by atoms with Gasteiger partial charge in [-0.05, 0) is 25.5 Å². The molecule has 0 atom stereocenters. The summed E-state index contributed by atoms with van der Waals surface area (Å²) in [5, 5.41) is 3.36. The van der Waals surface area contributed by atoms with E-state index >= 15 is 0 Å². The number of halogens is 1. The van der Waals surface area contributed by atoms with Gasteiger partial charge < -0.3 is 15.0 Å². The monoisotopic (exact) mass is 279 g/mol. The van der Waals surface area contributed by atoms with Gasteiger partial charge in [0.2, 0.25) is 0 Å². The molecule has 1 heterocycles.